The number of pyridine rings is 1. The van der Waals surface area contributed by atoms with Crippen molar-refractivity contribution in [2.45, 2.75) is 32.1 Å². The van der Waals surface area contributed by atoms with Crippen LogP contribution in [0.2, 0.25) is 0 Å². The highest BCUT2D eigenvalue weighted by Gasteiger charge is 2.41. The van der Waals surface area contributed by atoms with Gasteiger partial charge in [-0.3, -0.25) is 14.6 Å². The Labute approximate surface area is 177 Å². The van der Waals surface area contributed by atoms with Crippen LogP contribution in [-0.4, -0.2) is 52.8 Å². The monoisotopic (exact) mass is 402 g/mol. The minimum atomic E-state index is 0.0239. The van der Waals surface area contributed by atoms with Crippen molar-refractivity contribution in [1.29, 1.82) is 5.26 Å². The molecule has 0 atom stereocenters. The van der Waals surface area contributed by atoms with E-state index >= 15 is 0 Å². The number of carbonyl (C=O) groups excluding carboxylic acids is 2. The third kappa shape index (κ3) is 4.35. The lowest BCUT2D eigenvalue weighted by Crippen LogP contribution is -2.52. The predicted molar refractivity (Wildman–Crippen MR) is 112 cm³/mol. The van der Waals surface area contributed by atoms with Gasteiger partial charge in [0.25, 0.3) is 5.91 Å². The number of aromatic nitrogens is 1. The van der Waals surface area contributed by atoms with E-state index in [0.717, 1.165) is 38.8 Å². The van der Waals surface area contributed by atoms with Crippen LogP contribution in [0.15, 0.2) is 48.8 Å². The third-order valence-corrected chi connectivity index (χ3v) is 6.54. The first-order valence-electron chi connectivity index (χ1n) is 10.5. The fourth-order valence-electron chi connectivity index (χ4n) is 4.58. The smallest absolute Gasteiger partial charge is 0.253 e. The zero-order valence-corrected chi connectivity index (χ0v) is 17.1. The molecule has 0 aliphatic carbocycles. The van der Waals surface area contributed by atoms with Crippen LogP contribution in [0.5, 0.6) is 0 Å². The van der Waals surface area contributed by atoms with Crippen LogP contribution in [0.1, 0.15) is 47.2 Å². The van der Waals surface area contributed by atoms with Crippen molar-refractivity contribution in [3.05, 3.63) is 65.5 Å². The maximum absolute atomic E-state index is 12.8. The number of hydrogen-bond acceptors (Lipinski definition) is 4. The van der Waals surface area contributed by atoms with Crippen LogP contribution < -0.4 is 0 Å². The molecular formula is C24H26N4O2. The van der Waals surface area contributed by atoms with Crippen LogP contribution in [-0.2, 0) is 11.2 Å². The molecular weight excluding hydrogens is 376 g/mol. The number of piperidine rings is 2. The topological polar surface area (TPSA) is 77.3 Å². The molecule has 0 radical (unpaired) electrons. The highest BCUT2D eigenvalue weighted by molar-refractivity contribution is 5.94. The fraction of sp³-hybridized carbons (Fsp3) is 0.417. The first-order chi connectivity index (χ1) is 14.6. The minimum absolute atomic E-state index is 0.0239. The summed E-state index contributed by atoms with van der Waals surface area (Å²) in [6.45, 7) is 2.95. The Hall–Kier alpha value is -3.20. The second kappa shape index (κ2) is 8.66. The van der Waals surface area contributed by atoms with Gasteiger partial charge in [0.15, 0.2) is 0 Å². The summed E-state index contributed by atoms with van der Waals surface area (Å²) >= 11 is 0. The molecule has 6 nitrogen and oxygen atoms in total. The van der Waals surface area contributed by atoms with Gasteiger partial charge in [0.1, 0.15) is 0 Å². The van der Waals surface area contributed by atoms with Gasteiger partial charge in [0.2, 0.25) is 5.91 Å². The van der Waals surface area contributed by atoms with Crippen molar-refractivity contribution in [2.75, 3.05) is 26.2 Å². The van der Waals surface area contributed by atoms with Gasteiger partial charge in [-0.2, -0.15) is 5.26 Å². The van der Waals surface area contributed by atoms with E-state index in [4.69, 9.17) is 5.26 Å². The molecule has 30 heavy (non-hydrogen) atoms. The summed E-state index contributed by atoms with van der Waals surface area (Å²) in [5.74, 6) is 0.265. The van der Waals surface area contributed by atoms with Gasteiger partial charge in [-0.25, -0.2) is 0 Å². The van der Waals surface area contributed by atoms with Crippen LogP contribution in [0.4, 0.5) is 0 Å². The number of nitrogens with zero attached hydrogens (tertiary/aromatic N) is 4. The molecule has 0 saturated carbocycles. The quantitative estimate of drug-likeness (QED) is 0.788. The van der Waals surface area contributed by atoms with E-state index in [1.165, 1.54) is 5.56 Å². The van der Waals surface area contributed by atoms with Crippen LogP contribution in [0, 0.1) is 16.7 Å². The Balaban J connectivity index is 1.35. The highest BCUT2D eigenvalue weighted by atomic mass is 16.2. The van der Waals surface area contributed by atoms with Crippen LogP contribution in [0.3, 0.4) is 0 Å². The van der Waals surface area contributed by atoms with Gasteiger partial charge in [-0.15, -0.1) is 0 Å². The van der Waals surface area contributed by atoms with E-state index < -0.39 is 0 Å². The number of rotatable bonds is 4. The predicted octanol–water partition coefficient (Wildman–Crippen LogP) is 3.04. The Morgan fingerprint density at radius 1 is 1.07 bits per heavy atom. The Kier molecular flexibility index (Phi) is 5.80. The lowest BCUT2D eigenvalue weighted by Gasteiger charge is -2.47. The number of amides is 2. The molecule has 6 heteroatoms. The molecule has 1 aromatic heterocycles. The van der Waals surface area contributed by atoms with Crippen molar-refractivity contribution >= 4 is 11.8 Å². The van der Waals surface area contributed by atoms with Crippen LogP contribution in [0.25, 0.3) is 0 Å². The number of benzene rings is 1. The number of carbonyl (C=O) groups is 2. The summed E-state index contributed by atoms with van der Waals surface area (Å²) in [4.78, 5) is 33.3. The van der Waals surface area contributed by atoms with Gasteiger partial charge in [0, 0.05) is 50.6 Å². The van der Waals surface area contributed by atoms with E-state index in [1.807, 2.05) is 21.9 Å². The normalized spacial score (nSPS) is 18.3. The highest BCUT2D eigenvalue weighted by Crippen LogP contribution is 2.40. The molecule has 0 unspecified atom stereocenters. The summed E-state index contributed by atoms with van der Waals surface area (Å²) in [7, 11) is 0. The number of nitriles is 1. The molecule has 0 N–H and O–H groups in total. The van der Waals surface area contributed by atoms with Crippen molar-refractivity contribution < 1.29 is 9.59 Å². The zero-order valence-electron chi connectivity index (χ0n) is 17.1. The molecule has 2 fully saturated rings. The SMILES string of the molecule is N#Cc1ccc(C(=O)N2CCC3(CCC(=O)N(CCc4ccncc4)C3)CC2)cc1. The van der Waals surface area contributed by atoms with Crippen molar-refractivity contribution in [2.24, 2.45) is 5.41 Å². The molecule has 4 rings (SSSR count). The molecule has 2 aliphatic heterocycles. The van der Waals surface area contributed by atoms with E-state index in [0.29, 0.717) is 30.6 Å². The average molecular weight is 402 g/mol. The summed E-state index contributed by atoms with van der Waals surface area (Å²) in [6, 6.07) is 12.9. The van der Waals surface area contributed by atoms with Gasteiger partial charge in [-0.05, 0) is 73.1 Å². The molecule has 2 amide bonds. The lowest BCUT2D eigenvalue weighted by molar-refractivity contribution is -0.138. The Morgan fingerprint density at radius 2 is 1.77 bits per heavy atom. The second-order valence-corrected chi connectivity index (χ2v) is 8.40. The summed E-state index contributed by atoms with van der Waals surface area (Å²) in [5.41, 5.74) is 2.50. The van der Waals surface area contributed by atoms with Crippen molar-refractivity contribution in [3.63, 3.8) is 0 Å². The second-order valence-electron chi connectivity index (χ2n) is 8.40. The maximum Gasteiger partial charge on any atom is 0.253 e. The first-order valence-corrected chi connectivity index (χ1v) is 10.5. The van der Waals surface area contributed by atoms with Crippen LogP contribution >= 0.6 is 0 Å². The van der Waals surface area contributed by atoms with E-state index in [-0.39, 0.29) is 17.2 Å². The molecule has 3 heterocycles. The molecule has 1 spiro atoms. The molecule has 1 aromatic carbocycles. The van der Waals surface area contributed by atoms with Gasteiger partial charge >= 0.3 is 0 Å². The lowest BCUT2D eigenvalue weighted by atomic mass is 9.72. The van der Waals surface area contributed by atoms with Crippen molar-refractivity contribution in [1.82, 2.24) is 14.8 Å². The largest absolute Gasteiger partial charge is 0.342 e. The number of likely N-dealkylation sites (tertiary alicyclic amines) is 2. The molecule has 0 bridgehead atoms. The van der Waals surface area contributed by atoms with Gasteiger partial charge in [0.05, 0.1) is 11.6 Å². The summed E-state index contributed by atoms with van der Waals surface area (Å²) < 4.78 is 0. The maximum atomic E-state index is 12.8. The van der Waals surface area contributed by atoms with Crippen molar-refractivity contribution in [3.8, 4) is 6.07 Å². The standard InChI is InChI=1S/C24H26N4O2/c25-17-20-1-3-21(4-2-20)23(30)27-15-10-24(11-16-27)9-5-22(29)28(18-24)14-8-19-6-12-26-13-7-19/h1-4,6-7,12-13H,5,8-11,14-16,18H2. The fourth-order valence-corrected chi connectivity index (χ4v) is 4.58. The van der Waals surface area contributed by atoms with Gasteiger partial charge in [-0.1, -0.05) is 0 Å². The van der Waals surface area contributed by atoms with E-state index in [1.54, 1.807) is 36.7 Å². The summed E-state index contributed by atoms with van der Waals surface area (Å²) in [6.07, 6.45) is 7.77. The average Bonchev–Trinajstić information content (AvgIpc) is 2.81. The molecule has 154 valence electrons. The Morgan fingerprint density at radius 3 is 2.43 bits per heavy atom. The zero-order chi connectivity index (χ0) is 21.0. The number of hydrogen-bond donors (Lipinski definition) is 0. The van der Waals surface area contributed by atoms with Gasteiger partial charge < -0.3 is 9.80 Å². The molecule has 2 saturated heterocycles. The molecule has 2 aliphatic rings. The van der Waals surface area contributed by atoms with E-state index in [2.05, 4.69) is 11.1 Å². The minimum Gasteiger partial charge on any atom is -0.342 e. The third-order valence-electron chi connectivity index (χ3n) is 6.54. The summed E-state index contributed by atoms with van der Waals surface area (Å²) in [5, 5.41) is 8.92. The molecule has 2 aromatic rings. The first kappa shape index (κ1) is 20.1. The van der Waals surface area contributed by atoms with E-state index in [9.17, 15) is 9.59 Å². The Bertz CT molecular complexity index is 941.